The summed E-state index contributed by atoms with van der Waals surface area (Å²) in [7, 11) is 0. The molecule has 3 N–H and O–H groups in total. The van der Waals surface area contributed by atoms with Crippen molar-refractivity contribution in [2.75, 3.05) is 5.32 Å². The number of nitrogens with two attached hydrogens (primary N) is 1. The van der Waals surface area contributed by atoms with Crippen molar-refractivity contribution in [3.8, 4) is 0 Å². The Morgan fingerprint density at radius 1 is 1.35 bits per heavy atom. The highest BCUT2D eigenvalue weighted by atomic mass is 35.5. The van der Waals surface area contributed by atoms with E-state index in [0.29, 0.717) is 11.3 Å². The van der Waals surface area contributed by atoms with Gasteiger partial charge in [-0.1, -0.05) is 17.7 Å². The third kappa shape index (κ3) is 3.43. The van der Waals surface area contributed by atoms with Crippen molar-refractivity contribution in [3.05, 3.63) is 70.4 Å². The van der Waals surface area contributed by atoms with Crippen LogP contribution in [0.2, 0.25) is 5.15 Å². The number of anilines is 1. The molecule has 0 unspecified atom stereocenters. The Morgan fingerprint density at radius 2 is 2.12 bits per heavy atom. The number of amides is 2. The molecule has 1 aromatic carbocycles. The second kappa shape index (κ2) is 6.97. The zero-order valence-corrected chi connectivity index (χ0v) is 14.4. The average Bonchev–Trinajstić information content (AvgIpc) is 2.92. The summed E-state index contributed by atoms with van der Waals surface area (Å²) in [5.41, 5.74) is 6.68. The summed E-state index contributed by atoms with van der Waals surface area (Å²) in [6.07, 6.45) is 4.51. The van der Waals surface area contributed by atoms with Gasteiger partial charge in [-0.25, -0.2) is 9.37 Å². The first-order valence-corrected chi connectivity index (χ1v) is 7.96. The lowest BCUT2D eigenvalue weighted by atomic mass is 10.1. The van der Waals surface area contributed by atoms with Crippen molar-refractivity contribution in [2.24, 2.45) is 5.73 Å². The van der Waals surface area contributed by atoms with E-state index in [9.17, 15) is 14.0 Å². The van der Waals surface area contributed by atoms with Gasteiger partial charge >= 0.3 is 0 Å². The van der Waals surface area contributed by atoms with Crippen molar-refractivity contribution < 1.29 is 14.0 Å². The van der Waals surface area contributed by atoms with E-state index in [0.717, 1.165) is 6.07 Å². The number of nitrogens with zero attached hydrogens (tertiary/aromatic N) is 2. The van der Waals surface area contributed by atoms with Gasteiger partial charge in [0, 0.05) is 29.1 Å². The van der Waals surface area contributed by atoms with Gasteiger partial charge in [-0.3, -0.25) is 14.0 Å². The lowest BCUT2D eigenvalue weighted by molar-refractivity contribution is -0.111. The third-order valence-corrected chi connectivity index (χ3v) is 4.08. The first kappa shape index (κ1) is 17.6. The number of pyridine rings is 1. The number of primary amides is 1. The fourth-order valence-corrected chi connectivity index (χ4v) is 2.66. The van der Waals surface area contributed by atoms with Crippen LogP contribution in [0.4, 0.5) is 10.1 Å². The molecule has 0 aliphatic carbocycles. The van der Waals surface area contributed by atoms with Crippen LogP contribution in [0, 0.1) is 12.7 Å². The highest BCUT2D eigenvalue weighted by molar-refractivity contribution is 6.31. The van der Waals surface area contributed by atoms with Crippen LogP contribution in [0.25, 0.3) is 11.7 Å². The van der Waals surface area contributed by atoms with E-state index in [1.807, 2.05) is 12.1 Å². The number of fused-ring (bicyclic) bond motifs is 1. The summed E-state index contributed by atoms with van der Waals surface area (Å²) in [6.45, 7) is 1.49. The molecular formula is C18H14ClFN4O2. The Morgan fingerprint density at radius 3 is 2.85 bits per heavy atom. The molecule has 6 nitrogen and oxygen atoms in total. The molecule has 2 amide bonds. The smallest absolute Gasteiger partial charge is 0.248 e. The topological polar surface area (TPSA) is 89.5 Å². The minimum Gasteiger partial charge on any atom is -0.366 e. The van der Waals surface area contributed by atoms with Crippen molar-refractivity contribution in [1.82, 2.24) is 9.38 Å². The van der Waals surface area contributed by atoms with Crippen LogP contribution in [0.3, 0.4) is 0 Å². The first-order chi connectivity index (χ1) is 12.4. The van der Waals surface area contributed by atoms with Gasteiger partial charge in [0.1, 0.15) is 11.5 Å². The van der Waals surface area contributed by atoms with Gasteiger partial charge in [-0.05, 0) is 37.3 Å². The van der Waals surface area contributed by atoms with E-state index in [4.69, 9.17) is 17.3 Å². The molecule has 0 bridgehead atoms. The summed E-state index contributed by atoms with van der Waals surface area (Å²) in [5, 5.41) is 2.78. The van der Waals surface area contributed by atoms with Crippen LogP contribution in [-0.2, 0) is 4.79 Å². The molecule has 132 valence electrons. The molecule has 0 fully saturated rings. The van der Waals surface area contributed by atoms with Crippen LogP contribution >= 0.6 is 11.6 Å². The summed E-state index contributed by atoms with van der Waals surface area (Å²) >= 11 is 6.10. The largest absolute Gasteiger partial charge is 0.366 e. The molecule has 2 aromatic heterocycles. The molecule has 3 aromatic rings. The summed E-state index contributed by atoms with van der Waals surface area (Å²) in [5.74, 6) is -1.94. The highest BCUT2D eigenvalue weighted by Crippen LogP contribution is 2.22. The second-order valence-corrected chi connectivity index (χ2v) is 5.89. The molecule has 26 heavy (non-hydrogen) atoms. The van der Waals surface area contributed by atoms with Crippen LogP contribution in [0.1, 0.15) is 21.6 Å². The van der Waals surface area contributed by atoms with Crippen LogP contribution < -0.4 is 11.1 Å². The van der Waals surface area contributed by atoms with Crippen molar-refractivity contribution in [1.29, 1.82) is 0 Å². The number of halogens is 2. The van der Waals surface area contributed by atoms with E-state index in [1.54, 1.807) is 16.7 Å². The summed E-state index contributed by atoms with van der Waals surface area (Å²) < 4.78 is 15.6. The normalized spacial score (nSPS) is 11.2. The fraction of sp³-hybridized carbons (Fsp3) is 0.0556. The quantitative estimate of drug-likeness (QED) is 0.689. The molecule has 2 heterocycles. The third-order valence-electron chi connectivity index (χ3n) is 3.80. The van der Waals surface area contributed by atoms with Gasteiger partial charge in [0.2, 0.25) is 11.8 Å². The van der Waals surface area contributed by atoms with Gasteiger partial charge < -0.3 is 11.1 Å². The van der Waals surface area contributed by atoms with Crippen LogP contribution in [-0.4, -0.2) is 21.2 Å². The molecule has 3 rings (SSSR count). The van der Waals surface area contributed by atoms with Crippen molar-refractivity contribution in [3.63, 3.8) is 0 Å². The molecule has 0 saturated carbocycles. The van der Waals surface area contributed by atoms with Crippen LogP contribution in [0.15, 0.2) is 42.6 Å². The number of carbonyl (C=O) groups excluding carboxylic acids is 2. The Balaban J connectivity index is 1.86. The number of carbonyl (C=O) groups is 2. The predicted molar refractivity (Wildman–Crippen MR) is 97.5 cm³/mol. The van der Waals surface area contributed by atoms with Gasteiger partial charge in [0.05, 0.1) is 5.69 Å². The Hall–Kier alpha value is -3.19. The zero-order chi connectivity index (χ0) is 18.8. The molecule has 0 spiro atoms. The number of hydrogen-bond donors (Lipinski definition) is 2. The lowest BCUT2D eigenvalue weighted by Crippen LogP contribution is -2.15. The highest BCUT2D eigenvalue weighted by Gasteiger charge is 2.12. The fourth-order valence-electron chi connectivity index (χ4n) is 2.42. The number of imidazole rings is 1. The molecular weight excluding hydrogens is 359 g/mol. The van der Waals surface area contributed by atoms with Crippen molar-refractivity contribution in [2.45, 2.75) is 6.92 Å². The summed E-state index contributed by atoms with van der Waals surface area (Å²) in [6, 6.07) is 7.77. The van der Waals surface area contributed by atoms with E-state index in [2.05, 4.69) is 10.3 Å². The van der Waals surface area contributed by atoms with Gasteiger partial charge in [-0.15, -0.1) is 0 Å². The Bertz CT molecular complexity index is 1060. The lowest BCUT2D eigenvalue weighted by Gasteiger charge is -2.09. The summed E-state index contributed by atoms with van der Waals surface area (Å²) in [4.78, 5) is 27.6. The maximum atomic E-state index is 13.9. The van der Waals surface area contributed by atoms with E-state index < -0.39 is 17.6 Å². The molecule has 0 saturated heterocycles. The minimum absolute atomic E-state index is 0.0304. The predicted octanol–water partition coefficient (Wildman–Crippen LogP) is 3.19. The van der Waals surface area contributed by atoms with E-state index in [1.165, 1.54) is 25.1 Å². The van der Waals surface area contributed by atoms with Crippen LogP contribution in [0.5, 0.6) is 0 Å². The maximum absolute atomic E-state index is 13.9. The van der Waals surface area contributed by atoms with Gasteiger partial charge in [0.15, 0.2) is 5.15 Å². The maximum Gasteiger partial charge on any atom is 0.248 e. The Kier molecular flexibility index (Phi) is 4.73. The Labute approximate surface area is 153 Å². The second-order valence-electron chi connectivity index (χ2n) is 5.53. The van der Waals surface area contributed by atoms with Gasteiger partial charge in [-0.2, -0.15) is 0 Å². The monoisotopic (exact) mass is 372 g/mol. The van der Waals surface area contributed by atoms with Gasteiger partial charge in [0.25, 0.3) is 0 Å². The molecule has 0 aliphatic heterocycles. The van der Waals surface area contributed by atoms with E-state index in [-0.39, 0.29) is 22.0 Å². The zero-order valence-electron chi connectivity index (χ0n) is 13.7. The number of nitrogens with one attached hydrogen (secondary N) is 1. The molecule has 0 aliphatic rings. The molecule has 8 heteroatoms. The number of hydrogen-bond acceptors (Lipinski definition) is 3. The number of aromatic nitrogens is 2. The standard InChI is InChI=1S/C18H14ClFN4O2/c1-10-12(20)8-11(18(21)26)9-13(10)22-16(25)6-5-14-17(19)23-15-4-2-3-7-24(14)15/h2-9H,1H3,(H2,21,26)(H,22,25)/b6-5+. The average molecular weight is 373 g/mol. The van der Waals surface area contributed by atoms with Crippen molar-refractivity contribution >= 4 is 40.8 Å². The number of benzene rings is 1. The molecule has 0 atom stereocenters. The minimum atomic E-state index is -0.785. The van der Waals surface area contributed by atoms with E-state index >= 15 is 0 Å². The number of rotatable bonds is 4. The molecule has 0 radical (unpaired) electrons. The first-order valence-electron chi connectivity index (χ1n) is 7.58. The SMILES string of the molecule is Cc1c(F)cc(C(N)=O)cc1NC(=O)/C=C/c1c(Cl)nc2ccccn12.